The molecule has 110 valence electrons. The van der Waals surface area contributed by atoms with Gasteiger partial charge < -0.3 is 10.2 Å². The van der Waals surface area contributed by atoms with Crippen LogP contribution in [-0.4, -0.2) is 29.9 Å². The number of amides is 1. The van der Waals surface area contributed by atoms with E-state index in [9.17, 15) is 4.79 Å². The van der Waals surface area contributed by atoms with Gasteiger partial charge in [0.2, 0.25) is 0 Å². The van der Waals surface area contributed by atoms with Gasteiger partial charge >= 0.3 is 0 Å². The highest BCUT2D eigenvalue weighted by Gasteiger charge is 2.12. The number of hydrogen-bond donors (Lipinski definition) is 1. The van der Waals surface area contributed by atoms with Crippen LogP contribution in [0.25, 0.3) is 0 Å². The minimum atomic E-state index is -0.283. The molecule has 0 unspecified atom stereocenters. The van der Waals surface area contributed by atoms with Gasteiger partial charge in [0.15, 0.2) is 0 Å². The minimum Gasteiger partial charge on any atom is -0.322 e. The monoisotopic (exact) mass is 367 g/mol. The Kier molecular flexibility index (Phi) is 5.33. The second-order valence-electron chi connectivity index (χ2n) is 4.88. The lowest BCUT2D eigenvalue weighted by molar-refractivity contribution is 0.102. The highest BCUT2D eigenvalue weighted by Crippen LogP contribution is 2.20. The fraction of sp³-hybridized carbons (Fsp3) is 0.200. The maximum Gasteiger partial charge on any atom is 0.258 e. The van der Waals surface area contributed by atoms with Crippen LogP contribution in [0.15, 0.2) is 41.0 Å². The van der Waals surface area contributed by atoms with Gasteiger partial charge in [0.25, 0.3) is 5.91 Å². The molecule has 1 N–H and O–H groups in total. The lowest BCUT2D eigenvalue weighted by Gasteiger charge is -2.11. The van der Waals surface area contributed by atoms with Crippen molar-refractivity contribution in [3.63, 3.8) is 0 Å². The van der Waals surface area contributed by atoms with Crippen LogP contribution in [-0.2, 0) is 6.54 Å². The molecule has 2 rings (SSSR count). The average Bonchev–Trinajstić information content (AvgIpc) is 2.43. The van der Waals surface area contributed by atoms with E-state index in [1.807, 2.05) is 38.4 Å². The lowest BCUT2D eigenvalue weighted by Crippen LogP contribution is -2.13. The fourth-order valence-corrected chi connectivity index (χ4v) is 2.36. The van der Waals surface area contributed by atoms with Crippen molar-refractivity contribution < 1.29 is 4.79 Å². The van der Waals surface area contributed by atoms with Crippen molar-refractivity contribution in [2.24, 2.45) is 0 Å². The number of carbonyl (C=O) groups excluding carboxylic acids is 1. The van der Waals surface area contributed by atoms with Crippen LogP contribution < -0.4 is 5.32 Å². The van der Waals surface area contributed by atoms with Crippen LogP contribution in [0.5, 0.6) is 0 Å². The number of nitrogens with one attached hydrogen (secondary N) is 1. The van der Waals surface area contributed by atoms with Crippen LogP contribution in [0.1, 0.15) is 15.9 Å². The van der Waals surface area contributed by atoms with Crippen molar-refractivity contribution >= 4 is 39.1 Å². The SMILES string of the molecule is CN(C)Cc1ccc(NC(=O)c2cc(Br)cnc2Cl)cc1. The molecule has 2 aromatic rings. The van der Waals surface area contributed by atoms with E-state index in [1.54, 1.807) is 12.3 Å². The molecule has 6 heteroatoms. The molecule has 0 fully saturated rings. The van der Waals surface area contributed by atoms with Crippen molar-refractivity contribution in [2.45, 2.75) is 6.54 Å². The molecule has 4 nitrogen and oxygen atoms in total. The lowest BCUT2D eigenvalue weighted by atomic mass is 10.2. The predicted octanol–water partition coefficient (Wildman–Crippen LogP) is 3.81. The summed E-state index contributed by atoms with van der Waals surface area (Å²) < 4.78 is 0.707. The van der Waals surface area contributed by atoms with Crippen molar-refractivity contribution in [3.05, 3.63) is 57.3 Å². The Labute approximate surface area is 137 Å². The molecule has 0 atom stereocenters. The van der Waals surface area contributed by atoms with Crippen molar-refractivity contribution in [1.82, 2.24) is 9.88 Å². The first kappa shape index (κ1) is 15.9. The maximum absolute atomic E-state index is 12.2. The van der Waals surface area contributed by atoms with E-state index in [0.29, 0.717) is 10.0 Å². The molecule has 21 heavy (non-hydrogen) atoms. The highest BCUT2D eigenvalue weighted by molar-refractivity contribution is 9.10. The number of carbonyl (C=O) groups is 1. The highest BCUT2D eigenvalue weighted by atomic mass is 79.9. The van der Waals surface area contributed by atoms with Crippen LogP contribution in [0.4, 0.5) is 5.69 Å². The normalized spacial score (nSPS) is 10.7. The molecule has 0 aliphatic heterocycles. The molecular weight excluding hydrogens is 354 g/mol. The molecule has 0 spiro atoms. The third-order valence-electron chi connectivity index (χ3n) is 2.76. The summed E-state index contributed by atoms with van der Waals surface area (Å²) in [4.78, 5) is 18.2. The van der Waals surface area contributed by atoms with Crippen molar-refractivity contribution in [2.75, 3.05) is 19.4 Å². The Balaban J connectivity index is 2.10. The first-order chi connectivity index (χ1) is 9.95. The number of hydrogen-bond acceptors (Lipinski definition) is 3. The van der Waals surface area contributed by atoms with Gasteiger partial charge in [-0.2, -0.15) is 0 Å². The van der Waals surface area contributed by atoms with Crippen LogP contribution in [0, 0.1) is 0 Å². The van der Waals surface area contributed by atoms with Gasteiger partial charge in [0.1, 0.15) is 5.15 Å². The summed E-state index contributed by atoms with van der Waals surface area (Å²) in [5, 5.41) is 2.99. The third kappa shape index (κ3) is 4.52. The number of aromatic nitrogens is 1. The number of rotatable bonds is 4. The van der Waals surface area contributed by atoms with Crippen molar-refractivity contribution in [1.29, 1.82) is 0 Å². The van der Waals surface area contributed by atoms with E-state index in [1.165, 1.54) is 5.56 Å². The second-order valence-corrected chi connectivity index (χ2v) is 6.15. The Bertz CT molecular complexity index is 644. The van der Waals surface area contributed by atoms with E-state index in [4.69, 9.17) is 11.6 Å². The van der Waals surface area contributed by atoms with Crippen molar-refractivity contribution in [3.8, 4) is 0 Å². The molecular formula is C15H15BrClN3O. The van der Waals surface area contributed by atoms with Gasteiger partial charge in [-0.25, -0.2) is 4.98 Å². The molecule has 0 radical (unpaired) electrons. The summed E-state index contributed by atoms with van der Waals surface area (Å²) in [5.74, 6) is -0.283. The molecule has 1 heterocycles. The number of nitrogens with zero attached hydrogens (tertiary/aromatic N) is 2. The van der Waals surface area contributed by atoms with E-state index in [2.05, 4.69) is 31.1 Å². The quantitative estimate of drug-likeness (QED) is 0.835. The van der Waals surface area contributed by atoms with Gasteiger partial charge in [0.05, 0.1) is 5.56 Å². The molecule has 0 aliphatic rings. The molecule has 1 aromatic carbocycles. The van der Waals surface area contributed by atoms with Crippen LogP contribution >= 0.6 is 27.5 Å². The molecule has 0 saturated heterocycles. The van der Waals surface area contributed by atoms with Crippen LogP contribution in [0.2, 0.25) is 5.15 Å². The summed E-state index contributed by atoms with van der Waals surface area (Å²) in [5.41, 5.74) is 2.24. The third-order valence-corrected chi connectivity index (χ3v) is 3.50. The van der Waals surface area contributed by atoms with Crippen LogP contribution in [0.3, 0.4) is 0 Å². The van der Waals surface area contributed by atoms with Gasteiger partial charge in [-0.3, -0.25) is 4.79 Å². The summed E-state index contributed by atoms with van der Waals surface area (Å²) >= 11 is 9.22. The summed E-state index contributed by atoms with van der Waals surface area (Å²) in [6.07, 6.45) is 1.55. The molecule has 1 aromatic heterocycles. The fourth-order valence-electron chi connectivity index (χ4n) is 1.84. The zero-order chi connectivity index (χ0) is 15.4. The Morgan fingerprint density at radius 2 is 2.00 bits per heavy atom. The first-order valence-electron chi connectivity index (χ1n) is 6.32. The zero-order valence-corrected chi connectivity index (χ0v) is 14.1. The largest absolute Gasteiger partial charge is 0.322 e. The predicted molar refractivity (Wildman–Crippen MR) is 88.7 cm³/mol. The summed E-state index contributed by atoms with van der Waals surface area (Å²) in [7, 11) is 4.02. The molecule has 0 aliphatic carbocycles. The van der Waals surface area contributed by atoms with E-state index < -0.39 is 0 Å². The number of benzene rings is 1. The summed E-state index contributed by atoms with van der Waals surface area (Å²) in [6, 6.07) is 9.35. The van der Waals surface area contributed by atoms with Gasteiger partial charge in [-0.05, 0) is 53.8 Å². The second kappa shape index (κ2) is 7.02. The Morgan fingerprint density at radius 1 is 1.33 bits per heavy atom. The van der Waals surface area contributed by atoms with Gasteiger partial charge in [-0.1, -0.05) is 23.7 Å². The van der Waals surface area contributed by atoms with E-state index in [0.717, 1.165) is 12.2 Å². The topological polar surface area (TPSA) is 45.2 Å². The molecule has 0 bridgehead atoms. The average molecular weight is 369 g/mol. The molecule has 1 amide bonds. The minimum absolute atomic E-state index is 0.180. The Hall–Kier alpha value is -1.43. The molecule has 0 saturated carbocycles. The standard InChI is InChI=1S/C15H15BrClN3O/c1-20(2)9-10-3-5-12(6-4-10)19-15(21)13-7-11(16)8-18-14(13)17/h3-8H,9H2,1-2H3,(H,19,21). The van der Waals surface area contributed by atoms with Gasteiger partial charge in [0, 0.05) is 22.9 Å². The van der Waals surface area contributed by atoms with E-state index >= 15 is 0 Å². The Morgan fingerprint density at radius 3 is 2.62 bits per heavy atom. The van der Waals surface area contributed by atoms with Gasteiger partial charge in [-0.15, -0.1) is 0 Å². The maximum atomic E-state index is 12.2. The number of anilines is 1. The number of halogens is 2. The number of pyridine rings is 1. The van der Waals surface area contributed by atoms with E-state index in [-0.39, 0.29) is 11.1 Å². The zero-order valence-electron chi connectivity index (χ0n) is 11.7. The first-order valence-corrected chi connectivity index (χ1v) is 7.49. The smallest absolute Gasteiger partial charge is 0.258 e. The summed E-state index contributed by atoms with van der Waals surface area (Å²) in [6.45, 7) is 0.857.